The summed E-state index contributed by atoms with van der Waals surface area (Å²) >= 11 is 0. The van der Waals surface area contributed by atoms with Crippen LogP contribution in [0.5, 0.6) is 5.75 Å². The van der Waals surface area contributed by atoms with Gasteiger partial charge in [-0.25, -0.2) is 0 Å². The van der Waals surface area contributed by atoms with E-state index in [4.69, 9.17) is 8.71 Å². The summed E-state index contributed by atoms with van der Waals surface area (Å²) in [7, 11) is -3.97. The molecule has 0 radical (unpaired) electrons. The quantitative estimate of drug-likeness (QED) is 0.669. The number of aromatic nitrogens is 1. The van der Waals surface area contributed by atoms with Crippen LogP contribution in [0.4, 0.5) is 0 Å². The third-order valence-electron chi connectivity index (χ3n) is 3.66. The van der Waals surface area contributed by atoms with Crippen LogP contribution in [0, 0.1) is 20.8 Å². The standard InChI is InChI=1S/C18H17NO4S/c1-12-4-6-15(7-5-12)16-8-10-17(11-9-16)23-24(20,21)18-13(2)19-22-14(18)3/h4-11H,1-3H3. The Bertz CT molecular complexity index is 936. The zero-order chi connectivity index (χ0) is 17.3. The zero-order valence-electron chi connectivity index (χ0n) is 13.6. The molecule has 0 aliphatic heterocycles. The van der Waals surface area contributed by atoms with Gasteiger partial charge in [-0.2, -0.15) is 8.42 Å². The van der Waals surface area contributed by atoms with Crippen molar-refractivity contribution in [2.75, 3.05) is 0 Å². The molecule has 6 heteroatoms. The topological polar surface area (TPSA) is 69.4 Å². The van der Waals surface area contributed by atoms with Crippen molar-refractivity contribution in [2.24, 2.45) is 0 Å². The van der Waals surface area contributed by atoms with E-state index in [0.717, 1.165) is 11.1 Å². The minimum absolute atomic E-state index is 0.0230. The lowest BCUT2D eigenvalue weighted by molar-refractivity contribution is 0.390. The number of aryl methyl sites for hydroxylation is 3. The van der Waals surface area contributed by atoms with Crippen molar-refractivity contribution in [1.29, 1.82) is 0 Å². The predicted molar refractivity (Wildman–Crippen MR) is 90.4 cm³/mol. The number of hydrogen-bond acceptors (Lipinski definition) is 5. The fraction of sp³-hybridized carbons (Fsp3) is 0.167. The van der Waals surface area contributed by atoms with Crippen LogP contribution in [-0.2, 0) is 10.1 Å². The summed E-state index contributed by atoms with van der Waals surface area (Å²) in [5.41, 5.74) is 3.51. The zero-order valence-corrected chi connectivity index (χ0v) is 14.4. The molecule has 5 nitrogen and oxygen atoms in total. The Labute approximate surface area is 141 Å². The van der Waals surface area contributed by atoms with Crippen LogP contribution in [0.2, 0.25) is 0 Å². The first-order valence-corrected chi connectivity index (χ1v) is 8.82. The molecule has 3 rings (SSSR count). The minimum Gasteiger partial charge on any atom is -0.379 e. The molecule has 0 unspecified atom stereocenters. The van der Waals surface area contributed by atoms with Gasteiger partial charge in [0.15, 0.2) is 10.7 Å². The second-order valence-corrected chi connectivity index (χ2v) is 7.06. The van der Waals surface area contributed by atoms with Crippen molar-refractivity contribution >= 4 is 10.1 Å². The average molecular weight is 343 g/mol. The normalized spacial score (nSPS) is 11.5. The first kappa shape index (κ1) is 16.3. The molecule has 0 atom stereocenters. The summed E-state index contributed by atoms with van der Waals surface area (Å²) in [6.45, 7) is 5.13. The van der Waals surface area contributed by atoms with Gasteiger partial charge in [0.25, 0.3) is 0 Å². The molecule has 24 heavy (non-hydrogen) atoms. The molecular formula is C18H17NO4S. The molecule has 124 valence electrons. The fourth-order valence-corrected chi connectivity index (χ4v) is 3.69. The van der Waals surface area contributed by atoms with Gasteiger partial charge in [0.1, 0.15) is 11.4 Å². The Morgan fingerprint density at radius 3 is 1.92 bits per heavy atom. The van der Waals surface area contributed by atoms with E-state index in [0.29, 0.717) is 0 Å². The average Bonchev–Trinajstić information content (AvgIpc) is 2.88. The van der Waals surface area contributed by atoms with Crippen LogP contribution in [0.25, 0.3) is 11.1 Å². The summed E-state index contributed by atoms with van der Waals surface area (Å²) in [6.07, 6.45) is 0. The predicted octanol–water partition coefficient (Wildman–Crippen LogP) is 4.03. The molecular weight excluding hydrogens is 326 g/mol. The van der Waals surface area contributed by atoms with E-state index in [-0.39, 0.29) is 22.1 Å². The van der Waals surface area contributed by atoms with Gasteiger partial charge in [0.05, 0.1) is 0 Å². The van der Waals surface area contributed by atoms with Crippen LogP contribution in [0.15, 0.2) is 57.9 Å². The molecule has 0 spiro atoms. The first-order chi connectivity index (χ1) is 11.4. The Morgan fingerprint density at radius 1 is 0.875 bits per heavy atom. The van der Waals surface area contributed by atoms with Crippen LogP contribution in [0.3, 0.4) is 0 Å². The Morgan fingerprint density at radius 2 is 1.42 bits per heavy atom. The smallest absolute Gasteiger partial charge is 0.344 e. The van der Waals surface area contributed by atoms with Crippen molar-refractivity contribution in [3.63, 3.8) is 0 Å². The van der Waals surface area contributed by atoms with Gasteiger partial charge in [-0.05, 0) is 44.0 Å². The highest BCUT2D eigenvalue weighted by Gasteiger charge is 2.26. The maximum atomic E-state index is 12.4. The van der Waals surface area contributed by atoms with Crippen molar-refractivity contribution in [3.8, 4) is 16.9 Å². The number of nitrogens with zero attached hydrogens (tertiary/aromatic N) is 1. The van der Waals surface area contributed by atoms with E-state index in [1.807, 2.05) is 43.3 Å². The molecule has 1 aromatic heterocycles. The highest BCUT2D eigenvalue weighted by Crippen LogP contribution is 2.26. The maximum Gasteiger partial charge on any atom is 0.344 e. The maximum absolute atomic E-state index is 12.4. The SMILES string of the molecule is Cc1ccc(-c2ccc(OS(=O)(=O)c3c(C)noc3C)cc2)cc1. The highest BCUT2D eigenvalue weighted by atomic mass is 32.2. The van der Waals surface area contributed by atoms with E-state index in [9.17, 15) is 8.42 Å². The van der Waals surface area contributed by atoms with Crippen LogP contribution < -0.4 is 4.18 Å². The Balaban J connectivity index is 1.85. The van der Waals surface area contributed by atoms with Gasteiger partial charge < -0.3 is 8.71 Å². The molecule has 0 aliphatic carbocycles. The van der Waals surface area contributed by atoms with Crippen LogP contribution in [-0.4, -0.2) is 13.6 Å². The Hall–Kier alpha value is -2.60. The summed E-state index contributed by atoms with van der Waals surface area (Å²) < 4.78 is 34.8. The van der Waals surface area contributed by atoms with Gasteiger partial charge in [-0.3, -0.25) is 0 Å². The third-order valence-corrected chi connectivity index (χ3v) is 5.16. The minimum atomic E-state index is -3.97. The summed E-state index contributed by atoms with van der Waals surface area (Å²) in [5.74, 6) is 0.453. The Kier molecular flexibility index (Phi) is 4.15. The van der Waals surface area contributed by atoms with Gasteiger partial charge in [0.2, 0.25) is 0 Å². The van der Waals surface area contributed by atoms with E-state index in [1.165, 1.54) is 12.5 Å². The van der Waals surface area contributed by atoms with E-state index >= 15 is 0 Å². The molecule has 0 saturated heterocycles. The summed E-state index contributed by atoms with van der Waals surface area (Å²) in [6, 6.07) is 15.0. The van der Waals surface area contributed by atoms with Crippen LogP contribution in [0.1, 0.15) is 17.0 Å². The number of hydrogen-bond donors (Lipinski definition) is 0. The largest absolute Gasteiger partial charge is 0.379 e. The van der Waals surface area contributed by atoms with Crippen molar-refractivity contribution in [1.82, 2.24) is 5.16 Å². The third kappa shape index (κ3) is 3.19. The second-order valence-electron chi connectivity index (χ2n) is 5.58. The second kappa shape index (κ2) is 6.13. The molecule has 3 aromatic rings. The van der Waals surface area contributed by atoms with Gasteiger partial charge in [0, 0.05) is 0 Å². The fourth-order valence-electron chi connectivity index (χ4n) is 2.45. The lowest BCUT2D eigenvalue weighted by Crippen LogP contribution is -2.11. The highest BCUT2D eigenvalue weighted by molar-refractivity contribution is 7.87. The van der Waals surface area contributed by atoms with Gasteiger partial charge in [-0.15, -0.1) is 0 Å². The molecule has 0 fully saturated rings. The van der Waals surface area contributed by atoms with Gasteiger partial charge >= 0.3 is 10.1 Å². The number of rotatable bonds is 4. The molecule has 2 aromatic carbocycles. The van der Waals surface area contributed by atoms with Crippen molar-refractivity contribution < 1.29 is 17.1 Å². The number of benzene rings is 2. The van der Waals surface area contributed by atoms with E-state index in [2.05, 4.69) is 5.16 Å². The summed E-state index contributed by atoms with van der Waals surface area (Å²) in [4.78, 5) is -0.0230. The monoisotopic (exact) mass is 343 g/mol. The van der Waals surface area contributed by atoms with Crippen LogP contribution >= 0.6 is 0 Å². The molecule has 0 saturated carbocycles. The lowest BCUT2D eigenvalue weighted by atomic mass is 10.0. The molecule has 0 bridgehead atoms. The summed E-state index contributed by atoms with van der Waals surface area (Å²) in [5, 5.41) is 3.65. The molecule has 1 heterocycles. The van der Waals surface area contributed by atoms with Crippen molar-refractivity contribution in [2.45, 2.75) is 25.7 Å². The van der Waals surface area contributed by atoms with E-state index < -0.39 is 10.1 Å². The van der Waals surface area contributed by atoms with Crippen molar-refractivity contribution in [3.05, 3.63) is 65.5 Å². The van der Waals surface area contributed by atoms with E-state index in [1.54, 1.807) is 19.1 Å². The molecule has 0 N–H and O–H groups in total. The molecule has 0 amide bonds. The van der Waals surface area contributed by atoms with Gasteiger partial charge in [-0.1, -0.05) is 47.1 Å². The first-order valence-electron chi connectivity index (χ1n) is 7.41. The molecule has 0 aliphatic rings. The lowest BCUT2D eigenvalue weighted by Gasteiger charge is -2.08.